The van der Waals surface area contributed by atoms with Crippen molar-refractivity contribution in [2.45, 2.75) is 13.3 Å². The van der Waals surface area contributed by atoms with Crippen LogP contribution in [0.15, 0.2) is 54.6 Å². The highest BCUT2D eigenvalue weighted by Gasteiger charge is 1.99. The minimum atomic E-state index is 0.326. The summed E-state index contributed by atoms with van der Waals surface area (Å²) < 4.78 is 0. The van der Waals surface area contributed by atoms with Crippen molar-refractivity contribution in [3.8, 4) is 17.6 Å². The van der Waals surface area contributed by atoms with Crippen LogP contribution in [0.4, 0.5) is 0 Å². The van der Waals surface area contributed by atoms with Crippen LogP contribution < -0.4 is 0 Å². The Hall–Kier alpha value is -2.79. The SMILES string of the molecule is CCc1cc(C#Cc2ccc3ccccc3n2)ccc1O. The third-order valence-corrected chi connectivity index (χ3v) is 3.39. The minimum Gasteiger partial charge on any atom is -0.508 e. The molecular formula is C19H15NO. The smallest absolute Gasteiger partial charge is 0.118 e. The van der Waals surface area contributed by atoms with Gasteiger partial charge in [0.05, 0.1) is 5.52 Å². The third kappa shape index (κ3) is 2.88. The molecule has 2 aromatic carbocycles. The van der Waals surface area contributed by atoms with Gasteiger partial charge in [0.1, 0.15) is 11.4 Å². The predicted octanol–water partition coefficient (Wildman–Crippen LogP) is 3.90. The van der Waals surface area contributed by atoms with E-state index in [0.717, 1.165) is 34.1 Å². The monoisotopic (exact) mass is 273 g/mol. The molecule has 0 atom stereocenters. The first kappa shape index (κ1) is 13.2. The van der Waals surface area contributed by atoms with Crippen LogP contribution in [0.1, 0.15) is 23.7 Å². The highest BCUT2D eigenvalue weighted by atomic mass is 16.3. The normalized spacial score (nSPS) is 10.1. The molecule has 0 aliphatic rings. The van der Waals surface area contributed by atoms with Crippen molar-refractivity contribution in [1.29, 1.82) is 0 Å². The summed E-state index contributed by atoms with van der Waals surface area (Å²) in [5, 5.41) is 10.8. The third-order valence-electron chi connectivity index (χ3n) is 3.39. The maximum Gasteiger partial charge on any atom is 0.118 e. The quantitative estimate of drug-likeness (QED) is 0.682. The molecule has 0 bridgehead atoms. The number of hydrogen-bond acceptors (Lipinski definition) is 2. The van der Waals surface area contributed by atoms with Crippen LogP contribution in [0, 0.1) is 11.8 Å². The largest absolute Gasteiger partial charge is 0.508 e. The van der Waals surface area contributed by atoms with Gasteiger partial charge in [0.15, 0.2) is 0 Å². The number of fused-ring (bicyclic) bond motifs is 1. The van der Waals surface area contributed by atoms with Crippen LogP contribution in [0.25, 0.3) is 10.9 Å². The van der Waals surface area contributed by atoms with E-state index in [1.807, 2.05) is 55.5 Å². The molecule has 3 rings (SSSR count). The molecular weight excluding hydrogens is 258 g/mol. The Labute approximate surface area is 124 Å². The molecule has 21 heavy (non-hydrogen) atoms. The Balaban J connectivity index is 1.95. The summed E-state index contributed by atoms with van der Waals surface area (Å²) in [5.74, 6) is 6.51. The average molecular weight is 273 g/mol. The summed E-state index contributed by atoms with van der Waals surface area (Å²) in [6, 6.07) is 17.4. The molecule has 102 valence electrons. The molecule has 1 aromatic heterocycles. The number of aryl methyl sites for hydroxylation is 1. The van der Waals surface area contributed by atoms with Crippen molar-refractivity contribution < 1.29 is 5.11 Å². The summed E-state index contributed by atoms with van der Waals surface area (Å²) in [6.07, 6.45) is 0.787. The molecule has 2 heteroatoms. The van der Waals surface area contributed by atoms with Crippen LogP contribution in [-0.4, -0.2) is 10.1 Å². The second-order valence-electron chi connectivity index (χ2n) is 4.84. The van der Waals surface area contributed by atoms with Crippen LogP contribution in [0.3, 0.4) is 0 Å². The Morgan fingerprint density at radius 3 is 2.71 bits per heavy atom. The van der Waals surface area contributed by atoms with Crippen molar-refractivity contribution in [1.82, 2.24) is 4.98 Å². The van der Waals surface area contributed by atoms with Crippen molar-refractivity contribution in [3.05, 3.63) is 71.4 Å². The number of rotatable bonds is 1. The van der Waals surface area contributed by atoms with E-state index < -0.39 is 0 Å². The van der Waals surface area contributed by atoms with Gasteiger partial charge in [-0.25, -0.2) is 4.98 Å². The van der Waals surface area contributed by atoms with Gasteiger partial charge in [-0.15, -0.1) is 0 Å². The number of para-hydroxylation sites is 1. The molecule has 0 unspecified atom stereocenters. The zero-order valence-corrected chi connectivity index (χ0v) is 11.8. The molecule has 0 saturated heterocycles. The lowest BCUT2D eigenvalue weighted by atomic mass is 10.1. The second-order valence-corrected chi connectivity index (χ2v) is 4.84. The Bertz CT molecular complexity index is 856. The second kappa shape index (κ2) is 5.68. The van der Waals surface area contributed by atoms with Gasteiger partial charge in [-0.05, 0) is 48.2 Å². The average Bonchev–Trinajstić information content (AvgIpc) is 2.54. The van der Waals surface area contributed by atoms with Crippen molar-refractivity contribution in [2.75, 3.05) is 0 Å². The summed E-state index contributed by atoms with van der Waals surface area (Å²) in [7, 11) is 0. The zero-order valence-electron chi connectivity index (χ0n) is 11.8. The molecule has 0 spiro atoms. The van der Waals surface area contributed by atoms with E-state index in [2.05, 4.69) is 16.8 Å². The van der Waals surface area contributed by atoms with Crippen LogP contribution >= 0.6 is 0 Å². The molecule has 0 saturated carbocycles. The molecule has 0 amide bonds. The van der Waals surface area contributed by atoms with Crippen LogP contribution in [0.2, 0.25) is 0 Å². The number of aromatic nitrogens is 1. The van der Waals surface area contributed by atoms with Crippen molar-refractivity contribution in [2.24, 2.45) is 0 Å². The van der Waals surface area contributed by atoms with Gasteiger partial charge in [-0.2, -0.15) is 0 Å². The van der Waals surface area contributed by atoms with Crippen LogP contribution in [0.5, 0.6) is 5.75 Å². The van der Waals surface area contributed by atoms with Gasteiger partial charge in [-0.3, -0.25) is 0 Å². The molecule has 0 aliphatic heterocycles. The Kier molecular flexibility index (Phi) is 3.57. The molecule has 0 fully saturated rings. The minimum absolute atomic E-state index is 0.326. The fourth-order valence-electron chi connectivity index (χ4n) is 2.22. The zero-order chi connectivity index (χ0) is 14.7. The number of pyridine rings is 1. The van der Waals surface area contributed by atoms with Gasteiger partial charge in [0.2, 0.25) is 0 Å². The van der Waals surface area contributed by atoms with Gasteiger partial charge in [0.25, 0.3) is 0 Å². The molecule has 3 aromatic rings. The summed E-state index contributed by atoms with van der Waals surface area (Å²) in [4.78, 5) is 4.53. The fraction of sp³-hybridized carbons (Fsp3) is 0.105. The lowest BCUT2D eigenvalue weighted by Crippen LogP contribution is -1.86. The number of nitrogens with zero attached hydrogens (tertiary/aromatic N) is 1. The molecule has 1 heterocycles. The maximum absolute atomic E-state index is 9.68. The first-order valence-corrected chi connectivity index (χ1v) is 6.96. The van der Waals surface area contributed by atoms with E-state index in [9.17, 15) is 5.11 Å². The fourth-order valence-corrected chi connectivity index (χ4v) is 2.22. The first-order chi connectivity index (χ1) is 10.3. The number of benzene rings is 2. The maximum atomic E-state index is 9.68. The van der Waals surface area contributed by atoms with Crippen molar-refractivity contribution in [3.63, 3.8) is 0 Å². The van der Waals surface area contributed by atoms with E-state index in [0.29, 0.717) is 5.75 Å². The summed E-state index contributed by atoms with van der Waals surface area (Å²) >= 11 is 0. The van der Waals surface area contributed by atoms with E-state index in [4.69, 9.17) is 0 Å². The van der Waals surface area contributed by atoms with Gasteiger partial charge in [0, 0.05) is 10.9 Å². The molecule has 0 radical (unpaired) electrons. The van der Waals surface area contributed by atoms with E-state index in [1.165, 1.54) is 0 Å². The molecule has 2 nitrogen and oxygen atoms in total. The highest BCUT2D eigenvalue weighted by Crippen LogP contribution is 2.18. The summed E-state index contributed by atoms with van der Waals surface area (Å²) in [5.41, 5.74) is 3.50. The van der Waals surface area contributed by atoms with Crippen molar-refractivity contribution >= 4 is 10.9 Å². The Morgan fingerprint density at radius 1 is 1.00 bits per heavy atom. The Morgan fingerprint density at radius 2 is 1.86 bits per heavy atom. The van der Waals surface area contributed by atoms with E-state index in [1.54, 1.807) is 6.07 Å². The van der Waals surface area contributed by atoms with Gasteiger partial charge in [-0.1, -0.05) is 37.1 Å². The molecule has 0 aliphatic carbocycles. The summed E-state index contributed by atoms with van der Waals surface area (Å²) in [6.45, 7) is 2.01. The van der Waals surface area contributed by atoms with Gasteiger partial charge >= 0.3 is 0 Å². The number of hydrogen-bond donors (Lipinski definition) is 1. The molecule has 1 N–H and O–H groups in total. The highest BCUT2D eigenvalue weighted by molar-refractivity contribution is 5.78. The van der Waals surface area contributed by atoms with E-state index in [-0.39, 0.29) is 0 Å². The lowest BCUT2D eigenvalue weighted by Gasteiger charge is -2.01. The number of phenolic OH excluding ortho intramolecular Hbond substituents is 1. The number of aromatic hydroxyl groups is 1. The topological polar surface area (TPSA) is 33.1 Å². The van der Waals surface area contributed by atoms with Gasteiger partial charge < -0.3 is 5.11 Å². The first-order valence-electron chi connectivity index (χ1n) is 6.96. The van der Waals surface area contributed by atoms with E-state index >= 15 is 0 Å². The predicted molar refractivity (Wildman–Crippen MR) is 85.2 cm³/mol. The standard InChI is InChI=1S/C19H15NO/c1-2-15-13-14(8-12-19(15)21)7-10-17-11-9-16-5-3-4-6-18(16)20-17/h3-6,8-9,11-13,21H,2H2,1H3. The number of phenols is 1. The lowest BCUT2D eigenvalue weighted by molar-refractivity contribution is 0.469. The van der Waals surface area contributed by atoms with Crippen LogP contribution in [-0.2, 0) is 6.42 Å².